The Bertz CT molecular complexity index is 1270. The summed E-state index contributed by atoms with van der Waals surface area (Å²) in [5.74, 6) is -0.198. The lowest BCUT2D eigenvalue weighted by Gasteiger charge is -2.27. The Morgan fingerprint density at radius 2 is 1.91 bits per heavy atom. The van der Waals surface area contributed by atoms with Gasteiger partial charge in [-0.1, -0.05) is 30.3 Å². The Kier molecular flexibility index (Phi) is 4.46. The Morgan fingerprint density at radius 3 is 2.70 bits per heavy atom. The average Bonchev–Trinajstić information content (AvgIpc) is 3.70. The molecular formula is C24H24N6O3. The number of pyridine rings is 1. The van der Waals surface area contributed by atoms with Crippen molar-refractivity contribution in [3.05, 3.63) is 60.0 Å². The number of aromatic nitrogens is 3. The summed E-state index contributed by atoms with van der Waals surface area (Å²) >= 11 is 0. The summed E-state index contributed by atoms with van der Waals surface area (Å²) in [5, 5.41) is 7.94. The molecule has 1 aliphatic heterocycles. The van der Waals surface area contributed by atoms with Gasteiger partial charge in [0.2, 0.25) is 11.8 Å². The van der Waals surface area contributed by atoms with Crippen LogP contribution in [0.4, 0.5) is 0 Å². The monoisotopic (exact) mass is 444 g/mol. The number of amides is 3. The summed E-state index contributed by atoms with van der Waals surface area (Å²) in [5.41, 5.74) is 7.39. The van der Waals surface area contributed by atoms with Gasteiger partial charge in [-0.05, 0) is 36.8 Å². The number of primary amides is 1. The molecule has 33 heavy (non-hydrogen) atoms. The highest BCUT2D eigenvalue weighted by atomic mass is 16.2. The molecule has 2 saturated carbocycles. The maximum atomic E-state index is 13.3. The van der Waals surface area contributed by atoms with Crippen molar-refractivity contribution in [1.82, 2.24) is 25.0 Å². The van der Waals surface area contributed by atoms with Gasteiger partial charge in [-0.2, -0.15) is 5.10 Å². The molecule has 0 radical (unpaired) electrons. The molecular weight excluding hydrogens is 420 g/mol. The number of nitrogens with two attached hydrogens (primary N) is 1. The molecule has 3 fully saturated rings. The summed E-state index contributed by atoms with van der Waals surface area (Å²) < 4.78 is 1.48. The number of hydrogen-bond acceptors (Lipinski definition) is 5. The number of benzene rings is 1. The number of piperidine rings is 1. The van der Waals surface area contributed by atoms with Gasteiger partial charge in [-0.15, -0.1) is 0 Å². The molecule has 2 aromatic heterocycles. The molecule has 2 aliphatic carbocycles. The highest BCUT2D eigenvalue weighted by Gasteiger charge is 2.56. The number of rotatable bonds is 6. The standard InChI is InChI=1S/C24H24N6O3/c25-23(32)22-16-11-26-7-6-18(16)29(28-22)12-21(31)30-19-8-14(19)9-20(30)24(33)27-17-10-15(17)13-4-2-1-3-5-13/h1-7,11,14-15,17,19-20H,8-10,12H2,(H2,25,32)(H,27,33)/t14-,15?,17?,19-,20+/m1/s1. The van der Waals surface area contributed by atoms with Crippen LogP contribution in [0, 0.1) is 5.92 Å². The number of nitrogens with zero attached hydrogens (tertiary/aromatic N) is 4. The van der Waals surface area contributed by atoms with Crippen molar-refractivity contribution in [2.24, 2.45) is 11.7 Å². The van der Waals surface area contributed by atoms with E-state index in [-0.39, 0.29) is 36.1 Å². The van der Waals surface area contributed by atoms with E-state index in [0.717, 1.165) is 12.8 Å². The molecule has 0 bridgehead atoms. The molecule has 3 aliphatic rings. The smallest absolute Gasteiger partial charge is 0.269 e. The molecule has 3 amide bonds. The van der Waals surface area contributed by atoms with Crippen molar-refractivity contribution >= 4 is 28.6 Å². The molecule has 0 spiro atoms. The summed E-state index contributed by atoms with van der Waals surface area (Å²) in [6.07, 6.45) is 5.65. The number of carbonyl (C=O) groups is 3. The van der Waals surface area contributed by atoms with E-state index in [9.17, 15) is 14.4 Å². The van der Waals surface area contributed by atoms with Crippen molar-refractivity contribution < 1.29 is 14.4 Å². The fraction of sp³-hybridized carbons (Fsp3) is 0.375. The van der Waals surface area contributed by atoms with Crippen molar-refractivity contribution in [2.45, 2.75) is 49.9 Å². The van der Waals surface area contributed by atoms with Gasteiger partial charge in [0.25, 0.3) is 5.91 Å². The first-order valence-electron chi connectivity index (χ1n) is 11.3. The normalized spacial score (nSPS) is 27.3. The van der Waals surface area contributed by atoms with E-state index in [1.807, 2.05) is 18.2 Å². The van der Waals surface area contributed by atoms with E-state index in [2.05, 4.69) is 27.5 Å². The second-order valence-electron chi connectivity index (χ2n) is 9.25. The molecule has 1 aromatic carbocycles. The van der Waals surface area contributed by atoms with Gasteiger partial charge < -0.3 is 16.0 Å². The number of likely N-dealkylation sites (tertiary alicyclic amines) is 1. The Balaban J connectivity index is 1.18. The molecule has 2 unspecified atom stereocenters. The minimum absolute atomic E-state index is 0.0587. The summed E-state index contributed by atoms with van der Waals surface area (Å²) in [6, 6.07) is 11.6. The predicted molar refractivity (Wildman–Crippen MR) is 119 cm³/mol. The van der Waals surface area contributed by atoms with Gasteiger partial charge in [0.15, 0.2) is 5.69 Å². The van der Waals surface area contributed by atoms with Gasteiger partial charge in [0, 0.05) is 30.4 Å². The van der Waals surface area contributed by atoms with Gasteiger partial charge in [-0.25, -0.2) is 0 Å². The molecule has 3 aromatic rings. The predicted octanol–water partition coefficient (Wildman–Crippen LogP) is 1.19. The van der Waals surface area contributed by atoms with E-state index in [4.69, 9.17) is 5.73 Å². The number of carbonyl (C=O) groups excluding carboxylic acids is 3. The first-order chi connectivity index (χ1) is 16.0. The van der Waals surface area contributed by atoms with Crippen LogP contribution in [0.2, 0.25) is 0 Å². The molecule has 6 rings (SSSR count). The van der Waals surface area contributed by atoms with E-state index >= 15 is 0 Å². The summed E-state index contributed by atoms with van der Waals surface area (Å²) in [7, 11) is 0. The highest BCUT2D eigenvalue weighted by Crippen LogP contribution is 2.48. The average molecular weight is 444 g/mol. The molecule has 3 heterocycles. The fourth-order valence-corrected chi connectivity index (χ4v) is 5.29. The van der Waals surface area contributed by atoms with E-state index in [1.54, 1.807) is 17.2 Å². The fourth-order valence-electron chi connectivity index (χ4n) is 5.29. The third-order valence-corrected chi connectivity index (χ3v) is 7.11. The van der Waals surface area contributed by atoms with Crippen LogP contribution in [0.3, 0.4) is 0 Å². The first-order valence-corrected chi connectivity index (χ1v) is 11.3. The van der Waals surface area contributed by atoms with Crippen LogP contribution in [0.1, 0.15) is 41.2 Å². The first kappa shape index (κ1) is 19.9. The Labute approximate surface area is 189 Å². The van der Waals surface area contributed by atoms with Crippen molar-refractivity contribution in [2.75, 3.05) is 0 Å². The SMILES string of the molecule is NC(=O)c1nn(CC(=O)N2[C@@H]3C[C@@H]3C[C@H]2C(=O)NC2CC2c2ccccc2)c2ccncc12. The van der Waals surface area contributed by atoms with E-state index in [1.165, 1.54) is 16.4 Å². The number of hydrogen-bond donors (Lipinski definition) is 2. The van der Waals surface area contributed by atoms with Crippen LogP contribution in [0.25, 0.3) is 10.9 Å². The second-order valence-corrected chi connectivity index (χ2v) is 9.25. The van der Waals surface area contributed by atoms with Gasteiger partial charge in [0.05, 0.1) is 10.9 Å². The lowest BCUT2D eigenvalue weighted by molar-refractivity contribution is -0.140. The lowest BCUT2D eigenvalue weighted by Crippen LogP contribution is -2.49. The lowest BCUT2D eigenvalue weighted by atomic mass is 10.1. The molecule has 168 valence electrons. The zero-order valence-corrected chi connectivity index (χ0v) is 17.9. The van der Waals surface area contributed by atoms with Crippen molar-refractivity contribution in [3.63, 3.8) is 0 Å². The quantitative estimate of drug-likeness (QED) is 0.591. The van der Waals surface area contributed by atoms with Crippen molar-refractivity contribution in [3.8, 4) is 0 Å². The largest absolute Gasteiger partial charge is 0.364 e. The van der Waals surface area contributed by atoms with Gasteiger partial charge in [-0.3, -0.25) is 24.0 Å². The van der Waals surface area contributed by atoms with Crippen LogP contribution in [0.15, 0.2) is 48.8 Å². The zero-order valence-electron chi connectivity index (χ0n) is 17.9. The number of nitrogens with one attached hydrogen (secondary N) is 1. The van der Waals surface area contributed by atoms with Gasteiger partial charge in [0.1, 0.15) is 12.6 Å². The zero-order chi connectivity index (χ0) is 22.7. The maximum Gasteiger partial charge on any atom is 0.269 e. The Morgan fingerprint density at radius 1 is 1.09 bits per heavy atom. The topological polar surface area (TPSA) is 123 Å². The van der Waals surface area contributed by atoms with Gasteiger partial charge >= 0.3 is 0 Å². The van der Waals surface area contributed by atoms with Crippen LogP contribution in [0.5, 0.6) is 0 Å². The third-order valence-electron chi connectivity index (χ3n) is 7.11. The van der Waals surface area contributed by atoms with Crippen LogP contribution in [-0.4, -0.2) is 55.5 Å². The number of fused-ring (bicyclic) bond motifs is 2. The summed E-state index contributed by atoms with van der Waals surface area (Å²) in [6.45, 7) is -0.0587. The van der Waals surface area contributed by atoms with E-state index in [0.29, 0.717) is 29.2 Å². The third kappa shape index (κ3) is 3.44. The Hall–Kier alpha value is -3.75. The molecule has 1 saturated heterocycles. The van der Waals surface area contributed by atoms with E-state index < -0.39 is 11.9 Å². The molecule has 3 N–H and O–H groups in total. The van der Waals surface area contributed by atoms with Crippen molar-refractivity contribution in [1.29, 1.82) is 0 Å². The summed E-state index contributed by atoms with van der Waals surface area (Å²) in [4.78, 5) is 44.0. The van der Waals surface area contributed by atoms with Crippen LogP contribution < -0.4 is 11.1 Å². The highest BCUT2D eigenvalue weighted by molar-refractivity contribution is 6.04. The second kappa shape index (κ2) is 7.40. The van der Waals surface area contributed by atoms with Crippen LogP contribution in [-0.2, 0) is 16.1 Å². The van der Waals surface area contributed by atoms with Crippen LogP contribution >= 0.6 is 0 Å². The minimum Gasteiger partial charge on any atom is -0.364 e. The molecule has 5 atom stereocenters. The molecule has 9 heteroatoms. The maximum absolute atomic E-state index is 13.3. The molecule has 9 nitrogen and oxygen atoms in total. The minimum atomic E-state index is -0.669.